The van der Waals surface area contributed by atoms with E-state index in [-0.39, 0.29) is 0 Å². The van der Waals surface area contributed by atoms with Crippen molar-refractivity contribution < 1.29 is 0 Å². The first-order valence-corrected chi connectivity index (χ1v) is 5.70. The van der Waals surface area contributed by atoms with Crippen molar-refractivity contribution in [1.82, 2.24) is 0 Å². The maximum Gasteiger partial charge on any atom is 0.000720 e. The van der Waals surface area contributed by atoms with Gasteiger partial charge in [-0.1, -0.05) is 48.1 Å². The molecule has 0 saturated carbocycles. The van der Waals surface area contributed by atoms with E-state index in [1.54, 1.807) is 11.1 Å². The van der Waals surface area contributed by atoms with Crippen molar-refractivity contribution in [2.45, 2.75) is 39.5 Å². The van der Waals surface area contributed by atoms with Crippen LogP contribution in [0.4, 0.5) is 0 Å². The molecule has 0 aliphatic heterocycles. The quantitative estimate of drug-likeness (QED) is 0.443. The van der Waals surface area contributed by atoms with Crippen LogP contribution in [0.1, 0.15) is 39.5 Å². The Balaban J connectivity index is 2.65. The second kappa shape index (κ2) is 5.16. The average Bonchev–Trinajstić information content (AvgIpc) is 2.56. The third-order valence-corrected chi connectivity index (χ3v) is 3.38. The largest absolute Gasteiger partial charge is 0.0995 e. The highest BCUT2D eigenvalue weighted by Gasteiger charge is 2.22. The lowest BCUT2D eigenvalue weighted by Crippen LogP contribution is -2.01. The minimum atomic E-state index is 0.627. The summed E-state index contributed by atoms with van der Waals surface area (Å²) in [5.74, 6) is 0.627. The molecule has 1 atom stereocenters. The highest BCUT2D eigenvalue weighted by molar-refractivity contribution is 5.29. The summed E-state index contributed by atoms with van der Waals surface area (Å²) >= 11 is 0. The van der Waals surface area contributed by atoms with Crippen LogP contribution < -0.4 is 0 Å². The van der Waals surface area contributed by atoms with E-state index in [2.05, 4.69) is 33.6 Å². The number of hydrogen-bond donors (Lipinski definition) is 0. The van der Waals surface area contributed by atoms with Crippen LogP contribution in [0, 0.1) is 5.92 Å². The Kier molecular flexibility index (Phi) is 4.14. The second-order valence-corrected chi connectivity index (χ2v) is 4.61. The molecule has 0 bridgehead atoms. The van der Waals surface area contributed by atoms with E-state index in [9.17, 15) is 0 Å². The van der Waals surface area contributed by atoms with Crippen molar-refractivity contribution in [3.05, 3.63) is 48.1 Å². The van der Waals surface area contributed by atoms with Gasteiger partial charge in [0.2, 0.25) is 0 Å². The molecule has 1 rings (SSSR count). The first kappa shape index (κ1) is 12.0. The predicted octanol–water partition coefficient (Wildman–Crippen LogP) is 4.81. The molecule has 0 radical (unpaired) electrons. The Hall–Kier alpha value is -1.04. The molecule has 0 nitrogen and oxygen atoms in total. The van der Waals surface area contributed by atoms with Crippen molar-refractivity contribution in [1.29, 1.82) is 0 Å². The molecule has 0 heterocycles. The van der Waals surface area contributed by atoms with E-state index in [0.29, 0.717) is 5.92 Å². The Morgan fingerprint density at radius 2 is 2.13 bits per heavy atom. The molecule has 1 unspecified atom stereocenters. The average molecular weight is 202 g/mol. The van der Waals surface area contributed by atoms with Gasteiger partial charge in [0.1, 0.15) is 0 Å². The molecule has 1 aliphatic carbocycles. The lowest BCUT2D eigenvalue weighted by molar-refractivity contribution is 0.671. The summed E-state index contributed by atoms with van der Waals surface area (Å²) in [7, 11) is 0. The molecule has 15 heavy (non-hydrogen) atoms. The molecular formula is C15H22. The molecule has 0 aromatic rings. The van der Waals surface area contributed by atoms with E-state index >= 15 is 0 Å². The molecule has 0 aromatic heterocycles. The highest BCUT2D eigenvalue weighted by atomic mass is 14.3. The van der Waals surface area contributed by atoms with Crippen LogP contribution in [-0.2, 0) is 0 Å². The van der Waals surface area contributed by atoms with Crippen molar-refractivity contribution in [2.75, 3.05) is 0 Å². The van der Waals surface area contributed by atoms with Gasteiger partial charge >= 0.3 is 0 Å². The Labute approximate surface area is 94.1 Å². The maximum atomic E-state index is 4.09. The topological polar surface area (TPSA) is 0 Å². The Bertz CT molecular complexity index is 315. The van der Waals surface area contributed by atoms with Crippen LogP contribution in [0.3, 0.4) is 0 Å². The summed E-state index contributed by atoms with van der Waals surface area (Å²) in [5.41, 5.74) is 5.62. The van der Waals surface area contributed by atoms with Gasteiger partial charge in [-0.3, -0.25) is 0 Å². The van der Waals surface area contributed by atoms with Crippen LogP contribution in [0.25, 0.3) is 0 Å². The second-order valence-electron chi connectivity index (χ2n) is 4.61. The minimum Gasteiger partial charge on any atom is -0.0995 e. The lowest BCUT2D eigenvalue weighted by Gasteiger charge is -2.15. The molecule has 0 N–H and O–H groups in total. The SMILES string of the molecule is C=CC(=C)CCC1=C(C)CCC1C(=C)C. The maximum absolute atomic E-state index is 4.09. The molecule has 0 aromatic carbocycles. The van der Waals surface area contributed by atoms with Gasteiger partial charge in [-0.15, -0.1) is 0 Å². The van der Waals surface area contributed by atoms with Crippen molar-refractivity contribution in [2.24, 2.45) is 5.92 Å². The van der Waals surface area contributed by atoms with Gasteiger partial charge in [-0.25, -0.2) is 0 Å². The van der Waals surface area contributed by atoms with Gasteiger partial charge < -0.3 is 0 Å². The summed E-state index contributed by atoms with van der Waals surface area (Å²) in [6.45, 7) is 16.2. The van der Waals surface area contributed by atoms with Gasteiger partial charge in [-0.2, -0.15) is 0 Å². The van der Waals surface area contributed by atoms with Gasteiger partial charge in [0, 0.05) is 5.92 Å². The zero-order valence-corrected chi connectivity index (χ0v) is 10.1. The van der Waals surface area contributed by atoms with Gasteiger partial charge in [-0.05, 0) is 39.5 Å². The molecule has 82 valence electrons. The normalized spacial score (nSPS) is 20.5. The van der Waals surface area contributed by atoms with Gasteiger partial charge in [0.05, 0.1) is 0 Å². The Morgan fingerprint density at radius 3 is 2.67 bits per heavy atom. The number of allylic oxidation sites excluding steroid dienone is 5. The fourth-order valence-electron chi connectivity index (χ4n) is 2.32. The number of rotatable bonds is 5. The van der Waals surface area contributed by atoms with Crippen LogP contribution in [0.5, 0.6) is 0 Å². The smallest absolute Gasteiger partial charge is 0.000720 e. The zero-order chi connectivity index (χ0) is 11.4. The van der Waals surface area contributed by atoms with Crippen LogP contribution >= 0.6 is 0 Å². The van der Waals surface area contributed by atoms with Crippen LogP contribution in [0.15, 0.2) is 48.1 Å². The van der Waals surface area contributed by atoms with Gasteiger partial charge in [0.15, 0.2) is 0 Å². The summed E-state index contributed by atoms with van der Waals surface area (Å²) in [6, 6.07) is 0. The third kappa shape index (κ3) is 2.95. The molecule has 0 saturated heterocycles. The van der Waals surface area contributed by atoms with Crippen molar-refractivity contribution >= 4 is 0 Å². The monoisotopic (exact) mass is 202 g/mol. The molecule has 0 heteroatoms. The fourth-order valence-corrected chi connectivity index (χ4v) is 2.32. The third-order valence-electron chi connectivity index (χ3n) is 3.38. The minimum absolute atomic E-state index is 0.627. The Morgan fingerprint density at radius 1 is 1.47 bits per heavy atom. The molecular weight excluding hydrogens is 180 g/mol. The van der Waals surface area contributed by atoms with E-state index in [0.717, 1.165) is 18.4 Å². The summed E-state index contributed by atoms with van der Waals surface area (Å²) in [4.78, 5) is 0. The first-order valence-electron chi connectivity index (χ1n) is 5.70. The van der Waals surface area contributed by atoms with Crippen molar-refractivity contribution in [3.8, 4) is 0 Å². The van der Waals surface area contributed by atoms with E-state index < -0.39 is 0 Å². The summed E-state index contributed by atoms with van der Waals surface area (Å²) in [5, 5.41) is 0. The van der Waals surface area contributed by atoms with E-state index in [4.69, 9.17) is 0 Å². The van der Waals surface area contributed by atoms with Crippen LogP contribution in [0.2, 0.25) is 0 Å². The molecule has 0 amide bonds. The molecule has 1 aliphatic rings. The highest BCUT2D eigenvalue weighted by Crippen LogP contribution is 2.38. The summed E-state index contributed by atoms with van der Waals surface area (Å²) in [6.07, 6.45) is 6.54. The summed E-state index contributed by atoms with van der Waals surface area (Å²) < 4.78 is 0. The van der Waals surface area contributed by atoms with E-state index in [1.165, 1.54) is 18.4 Å². The molecule has 0 fully saturated rings. The zero-order valence-electron chi connectivity index (χ0n) is 10.1. The first-order chi connectivity index (χ1) is 7.06. The number of hydrogen-bond acceptors (Lipinski definition) is 0. The predicted molar refractivity (Wildman–Crippen MR) is 68.8 cm³/mol. The van der Waals surface area contributed by atoms with Crippen molar-refractivity contribution in [3.63, 3.8) is 0 Å². The standard InChI is InChI=1S/C15H22/c1-6-12(4)7-9-15-13(5)8-10-14(15)11(2)3/h6,14H,1-2,4,7-10H2,3,5H3. The lowest BCUT2D eigenvalue weighted by atomic mass is 9.90. The van der Waals surface area contributed by atoms with Gasteiger partial charge in [0.25, 0.3) is 0 Å². The van der Waals surface area contributed by atoms with Crippen LogP contribution in [-0.4, -0.2) is 0 Å². The van der Waals surface area contributed by atoms with E-state index in [1.807, 2.05) is 6.08 Å². The fraction of sp³-hybridized carbons (Fsp3) is 0.467. The molecule has 0 spiro atoms.